The summed E-state index contributed by atoms with van der Waals surface area (Å²) >= 11 is 0. The zero-order chi connectivity index (χ0) is 12.1. The Bertz CT molecular complexity index is 318. The molecule has 0 amide bonds. The van der Waals surface area contributed by atoms with Gasteiger partial charge in [-0.15, -0.1) is 0 Å². The van der Waals surface area contributed by atoms with Crippen molar-refractivity contribution >= 4 is 0 Å². The molecule has 0 N–H and O–H groups in total. The molecule has 1 heteroatoms. The van der Waals surface area contributed by atoms with E-state index in [4.69, 9.17) is 0 Å². The molecule has 17 heavy (non-hydrogen) atoms. The van der Waals surface area contributed by atoms with Crippen LogP contribution < -0.4 is 0 Å². The van der Waals surface area contributed by atoms with Gasteiger partial charge in [0.1, 0.15) is 0 Å². The minimum atomic E-state index is 0.810. The molecule has 0 heterocycles. The Hall–Kier alpha value is -0.820. The average Bonchev–Trinajstić information content (AvgIpc) is 2.38. The Morgan fingerprint density at radius 1 is 1.06 bits per heavy atom. The molecule has 0 spiro atoms. The molecule has 2 rings (SSSR count). The van der Waals surface area contributed by atoms with Crippen LogP contribution in [-0.2, 0) is 0 Å². The van der Waals surface area contributed by atoms with E-state index in [1.165, 1.54) is 38.6 Å². The Kier molecular flexibility index (Phi) is 4.61. The highest BCUT2D eigenvalue weighted by atomic mass is 15.0. The van der Waals surface area contributed by atoms with Crippen LogP contribution in [0, 0.1) is 5.92 Å². The largest absolute Gasteiger partial charge is 0.309 e. The van der Waals surface area contributed by atoms with Crippen LogP contribution in [-0.4, -0.2) is 25.5 Å². The lowest BCUT2D eigenvalue weighted by Crippen LogP contribution is -2.23. The summed E-state index contributed by atoms with van der Waals surface area (Å²) in [6.07, 6.45) is 7.02. The third-order valence-electron chi connectivity index (χ3n) is 4.08. The van der Waals surface area contributed by atoms with E-state index in [1.807, 2.05) is 0 Å². The van der Waals surface area contributed by atoms with Gasteiger partial charge in [0.05, 0.1) is 0 Å². The molecule has 94 valence electrons. The molecule has 0 aromatic heterocycles. The first-order valence-electron chi connectivity index (χ1n) is 6.97. The van der Waals surface area contributed by atoms with Gasteiger partial charge in [-0.05, 0) is 57.3 Å². The number of hydrogen-bond acceptors (Lipinski definition) is 1. The van der Waals surface area contributed by atoms with Crippen molar-refractivity contribution in [2.75, 3.05) is 20.6 Å². The summed E-state index contributed by atoms with van der Waals surface area (Å²) < 4.78 is 0. The van der Waals surface area contributed by atoms with Crippen LogP contribution in [0.1, 0.15) is 43.6 Å². The van der Waals surface area contributed by atoms with E-state index in [0.29, 0.717) is 0 Å². The van der Waals surface area contributed by atoms with Crippen LogP contribution in [0.2, 0.25) is 0 Å². The van der Waals surface area contributed by atoms with Gasteiger partial charge < -0.3 is 4.90 Å². The molecule has 0 bridgehead atoms. The number of rotatable bonds is 4. The summed E-state index contributed by atoms with van der Waals surface area (Å²) in [5.41, 5.74) is 1.57. The second-order valence-electron chi connectivity index (χ2n) is 5.65. The quantitative estimate of drug-likeness (QED) is 0.759. The molecule has 1 fully saturated rings. The highest BCUT2D eigenvalue weighted by Gasteiger charge is 2.25. The molecule has 1 nitrogen and oxygen atoms in total. The average molecular weight is 231 g/mol. The topological polar surface area (TPSA) is 3.24 Å². The van der Waals surface area contributed by atoms with Gasteiger partial charge in [0.2, 0.25) is 0 Å². The lowest BCUT2D eigenvalue weighted by atomic mass is 9.74. The summed E-state index contributed by atoms with van der Waals surface area (Å²) in [6, 6.07) is 11.1. The van der Waals surface area contributed by atoms with Crippen molar-refractivity contribution in [1.82, 2.24) is 4.90 Å². The fraction of sp³-hybridized carbons (Fsp3) is 0.625. The van der Waals surface area contributed by atoms with Crippen LogP contribution in [0.5, 0.6) is 0 Å². The molecule has 0 saturated heterocycles. The maximum absolute atomic E-state index is 2.32. The van der Waals surface area contributed by atoms with Crippen LogP contribution in [0.25, 0.3) is 0 Å². The Labute approximate surface area is 106 Å². The predicted molar refractivity (Wildman–Crippen MR) is 74.3 cm³/mol. The highest BCUT2D eigenvalue weighted by Crippen LogP contribution is 2.39. The van der Waals surface area contributed by atoms with Crippen molar-refractivity contribution in [3.05, 3.63) is 35.9 Å². The van der Waals surface area contributed by atoms with Crippen molar-refractivity contribution in [3.8, 4) is 0 Å². The van der Waals surface area contributed by atoms with Gasteiger partial charge in [0.25, 0.3) is 0 Å². The van der Waals surface area contributed by atoms with Gasteiger partial charge in [-0.3, -0.25) is 0 Å². The Balaban J connectivity index is 2.02. The highest BCUT2D eigenvalue weighted by molar-refractivity contribution is 5.20. The number of benzene rings is 1. The maximum atomic E-state index is 2.32. The van der Waals surface area contributed by atoms with E-state index in [1.54, 1.807) is 5.56 Å². The molecule has 0 radical (unpaired) electrons. The van der Waals surface area contributed by atoms with Gasteiger partial charge in [-0.2, -0.15) is 0 Å². The second-order valence-corrected chi connectivity index (χ2v) is 5.65. The first-order valence-corrected chi connectivity index (χ1v) is 6.97. The summed E-state index contributed by atoms with van der Waals surface area (Å²) in [5.74, 6) is 1.71. The van der Waals surface area contributed by atoms with E-state index in [9.17, 15) is 0 Å². The van der Waals surface area contributed by atoms with Gasteiger partial charge in [-0.1, -0.05) is 43.2 Å². The van der Waals surface area contributed by atoms with E-state index in [-0.39, 0.29) is 0 Å². The zero-order valence-corrected chi connectivity index (χ0v) is 11.2. The van der Waals surface area contributed by atoms with Crippen molar-refractivity contribution < 1.29 is 0 Å². The van der Waals surface area contributed by atoms with E-state index < -0.39 is 0 Å². The molecule has 2 atom stereocenters. The summed E-state index contributed by atoms with van der Waals surface area (Å²) in [6.45, 7) is 1.23. The zero-order valence-electron chi connectivity index (χ0n) is 11.2. The monoisotopic (exact) mass is 231 g/mol. The summed E-state index contributed by atoms with van der Waals surface area (Å²) in [7, 11) is 4.36. The predicted octanol–water partition coefficient (Wildman–Crippen LogP) is 3.91. The van der Waals surface area contributed by atoms with Crippen molar-refractivity contribution in [3.63, 3.8) is 0 Å². The molecular weight excluding hydrogens is 206 g/mol. The van der Waals surface area contributed by atoms with Crippen LogP contribution >= 0.6 is 0 Å². The standard InChI is InChI=1S/C16H25N/c1-17(2)13-12-15-10-6-7-11-16(15)14-8-4-3-5-9-14/h3-5,8-9,15-16H,6-7,10-13H2,1-2H3. The van der Waals surface area contributed by atoms with Gasteiger partial charge >= 0.3 is 0 Å². The molecule has 2 unspecified atom stereocenters. The fourth-order valence-corrected chi connectivity index (χ4v) is 3.12. The van der Waals surface area contributed by atoms with Gasteiger partial charge in [-0.25, -0.2) is 0 Å². The summed E-state index contributed by atoms with van der Waals surface area (Å²) in [4.78, 5) is 2.32. The first kappa shape index (κ1) is 12.6. The third-order valence-corrected chi connectivity index (χ3v) is 4.08. The normalized spacial score (nSPS) is 25.1. The van der Waals surface area contributed by atoms with Gasteiger partial charge in [0, 0.05) is 0 Å². The lowest BCUT2D eigenvalue weighted by Gasteiger charge is -2.32. The smallest absolute Gasteiger partial charge is 0.00220 e. The third kappa shape index (κ3) is 3.57. The van der Waals surface area contributed by atoms with Gasteiger partial charge in [0.15, 0.2) is 0 Å². The van der Waals surface area contributed by atoms with E-state index in [0.717, 1.165) is 11.8 Å². The maximum Gasteiger partial charge on any atom is -0.00220 e. The number of hydrogen-bond donors (Lipinski definition) is 0. The van der Waals surface area contributed by atoms with Crippen molar-refractivity contribution in [1.29, 1.82) is 0 Å². The van der Waals surface area contributed by atoms with Crippen molar-refractivity contribution in [2.45, 2.75) is 38.0 Å². The molecular formula is C16H25N. The molecule has 1 aliphatic rings. The van der Waals surface area contributed by atoms with Crippen molar-refractivity contribution in [2.24, 2.45) is 5.92 Å². The lowest BCUT2D eigenvalue weighted by molar-refractivity contribution is 0.258. The minimum absolute atomic E-state index is 0.810. The molecule has 0 aliphatic heterocycles. The van der Waals surface area contributed by atoms with E-state index >= 15 is 0 Å². The first-order chi connectivity index (χ1) is 8.27. The van der Waals surface area contributed by atoms with Crippen LogP contribution in [0.4, 0.5) is 0 Å². The summed E-state index contributed by atoms with van der Waals surface area (Å²) in [5, 5.41) is 0. The number of nitrogens with zero attached hydrogens (tertiary/aromatic N) is 1. The Morgan fingerprint density at radius 2 is 1.76 bits per heavy atom. The van der Waals surface area contributed by atoms with Crippen LogP contribution in [0.15, 0.2) is 30.3 Å². The molecule has 1 aliphatic carbocycles. The molecule has 1 aromatic carbocycles. The Morgan fingerprint density at radius 3 is 2.47 bits per heavy atom. The minimum Gasteiger partial charge on any atom is -0.309 e. The van der Waals surface area contributed by atoms with Crippen LogP contribution in [0.3, 0.4) is 0 Å². The molecule has 1 aromatic rings. The fourth-order valence-electron chi connectivity index (χ4n) is 3.12. The molecule has 1 saturated carbocycles. The SMILES string of the molecule is CN(C)CCC1CCCCC1c1ccccc1. The van der Waals surface area contributed by atoms with E-state index in [2.05, 4.69) is 49.3 Å². The second kappa shape index (κ2) is 6.20.